The summed E-state index contributed by atoms with van der Waals surface area (Å²) in [6.07, 6.45) is 3.25. The van der Waals surface area contributed by atoms with Crippen LogP contribution < -0.4 is 10.6 Å². The number of sulfonamides is 1. The zero-order valence-electron chi connectivity index (χ0n) is 22.1. The number of nitrogens with zero attached hydrogens (tertiary/aromatic N) is 2. The van der Waals surface area contributed by atoms with Gasteiger partial charge in [-0.05, 0) is 54.7 Å². The monoisotopic (exact) mass is 544 g/mol. The summed E-state index contributed by atoms with van der Waals surface area (Å²) in [5, 5.41) is 6.09. The molecular formula is C27H36N4O4S2. The van der Waals surface area contributed by atoms with Crippen LogP contribution in [0.3, 0.4) is 0 Å². The molecule has 0 radical (unpaired) electrons. The van der Waals surface area contributed by atoms with E-state index < -0.39 is 22.0 Å². The van der Waals surface area contributed by atoms with Crippen molar-refractivity contribution in [1.82, 2.24) is 14.6 Å². The summed E-state index contributed by atoms with van der Waals surface area (Å²) in [7, 11) is -3.71. The number of carbonyl (C=O) groups excluding carboxylic acids is 2. The molecule has 0 saturated heterocycles. The Kier molecular flexibility index (Phi) is 9.80. The molecule has 200 valence electrons. The van der Waals surface area contributed by atoms with E-state index in [2.05, 4.69) is 34.7 Å². The average molecular weight is 545 g/mol. The number of nitrogens with one attached hydrogen (secondary N) is 2. The molecule has 10 heteroatoms. The Morgan fingerprint density at radius 3 is 2.43 bits per heavy atom. The van der Waals surface area contributed by atoms with Crippen LogP contribution in [0.5, 0.6) is 0 Å². The Balaban J connectivity index is 1.76. The van der Waals surface area contributed by atoms with Crippen LogP contribution in [0.15, 0.2) is 47.4 Å². The Morgan fingerprint density at radius 2 is 1.78 bits per heavy atom. The van der Waals surface area contributed by atoms with E-state index in [0.29, 0.717) is 18.2 Å². The number of aromatic nitrogens is 1. The number of hydrogen-bond acceptors (Lipinski definition) is 6. The van der Waals surface area contributed by atoms with Crippen molar-refractivity contribution in [3.63, 3.8) is 0 Å². The van der Waals surface area contributed by atoms with Gasteiger partial charge in [0.15, 0.2) is 5.13 Å². The van der Waals surface area contributed by atoms with E-state index in [1.54, 1.807) is 13.8 Å². The van der Waals surface area contributed by atoms with Crippen molar-refractivity contribution >= 4 is 48.5 Å². The highest BCUT2D eigenvalue weighted by Gasteiger charge is 2.27. The standard InChI is InChI=1S/C27H36N4O4S2/c1-6-9-11-19-14-15-22-23(16-19)36-27(28-22)30-26(33)24(18(4)5)29-25(32)20-12-10-13-21(17-20)37(34,35)31(7-2)8-3/h10,12-18,24H,6-9,11H2,1-5H3,(H,29,32)(H,28,30,33)/t24-/m0/s1. The smallest absolute Gasteiger partial charge is 0.251 e. The lowest BCUT2D eigenvalue weighted by Gasteiger charge is -2.22. The topological polar surface area (TPSA) is 108 Å². The lowest BCUT2D eigenvalue weighted by Crippen LogP contribution is -2.47. The maximum absolute atomic E-state index is 13.1. The summed E-state index contributed by atoms with van der Waals surface area (Å²) >= 11 is 1.40. The van der Waals surface area contributed by atoms with Crippen LogP contribution in [0.2, 0.25) is 0 Å². The fourth-order valence-corrected chi connectivity index (χ4v) is 6.45. The molecule has 1 aromatic heterocycles. The van der Waals surface area contributed by atoms with E-state index in [9.17, 15) is 18.0 Å². The molecule has 0 spiro atoms. The first kappa shape index (κ1) is 28.7. The number of hydrogen-bond donors (Lipinski definition) is 2. The molecule has 0 unspecified atom stereocenters. The molecule has 2 amide bonds. The zero-order chi connectivity index (χ0) is 27.2. The van der Waals surface area contributed by atoms with Crippen LogP contribution in [0.4, 0.5) is 5.13 Å². The Bertz CT molecular complexity index is 1350. The fraction of sp³-hybridized carbons (Fsp3) is 0.444. The molecular weight excluding hydrogens is 508 g/mol. The number of unbranched alkanes of at least 4 members (excludes halogenated alkanes) is 1. The number of benzene rings is 2. The van der Waals surface area contributed by atoms with Crippen LogP contribution in [-0.2, 0) is 21.2 Å². The zero-order valence-corrected chi connectivity index (χ0v) is 23.7. The van der Waals surface area contributed by atoms with E-state index in [-0.39, 0.29) is 22.3 Å². The SMILES string of the molecule is CCCCc1ccc2nc(NC(=O)[C@@H](NC(=O)c3cccc(S(=O)(=O)N(CC)CC)c3)C(C)C)sc2c1. The second kappa shape index (κ2) is 12.6. The number of fused-ring (bicyclic) bond motifs is 1. The van der Waals surface area contributed by atoms with Gasteiger partial charge in [0.25, 0.3) is 5.91 Å². The number of anilines is 1. The van der Waals surface area contributed by atoms with Gasteiger partial charge in [0.1, 0.15) is 6.04 Å². The van der Waals surface area contributed by atoms with Crippen molar-refractivity contribution in [2.45, 2.75) is 64.8 Å². The third-order valence-electron chi connectivity index (χ3n) is 6.18. The van der Waals surface area contributed by atoms with Gasteiger partial charge in [-0.2, -0.15) is 4.31 Å². The fourth-order valence-electron chi connectivity index (χ4n) is 4.01. The van der Waals surface area contributed by atoms with Crippen molar-refractivity contribution in [2.24, 2.45) is 5.92 Å². The molecule has 0 aliphatic rings. The maximum Gasteiger partial charge on any atom is 0.251 e. The first-order valence-electron chi connectivity index (χ1n) is 12.7. The predicted molar refractivity (Wildman–Crippen MR) is 150 cm³/mol. The van der Waals surface area contributed by atoms with Crippen molar-refractivity contribution in [1.29, 1.82) is 0 Å². The third kappa shape index (κ3) is 6.94. The minimum absolute atomic E-state index is 0.0437. The molecule has 0 bridgehead atoms. The van der Waals surface area contributed by atoms with E-state index in [1.165, 1.54) is 45.5 Å². The quantitative estimate of drug-likeness (QED) is 0.331. The molecule has 0 fully saturated rings. The number of rotatable bonds is 12. The Morgan fingerprint density at radius 1 is 1.05 bits per heavy atom. The molecule has 8 nitrogen and oxygen atoms in total. The van der Waals surface area contributed by atoms with Crippen molar-refractivity contribution in [3.8, 4) is 0 Å². The van der Waals surface area contributed by atoms with Gasteiger partial charge in [0.2, 0.25) is 15.9 Å². The molecule has 0 aliphatic carbocycles. The number of amides is 2. The lowest BCUT2D eigenvalue weighted by atomic mass is 10.0. The van der Waals surface area contributed by atoms with Gasteiger partial charge in [-0.15, -0.1) is 0 Å². The van der Waals surface area contributed by atoms with Crippen molar-refractivity contribution < 1.29 is 18.0 Å². The van der Waals surface area contributed by atoms with Crippen LogP contribution in [-0.4, -0.2) is 48.7 Å². The molecule has 2 N–H and O–H groups in total. The highest BCUT2D eigenvalue weighted by molar-refractivity contribution is 7.89. The minimum Gasteiger partial charge on any atom is -0.340 e. The highest BCUT2D eigenvalue weighted by atomic mass is 32.2. The van der Waals surface area contributed by atoms with Gasteiger partial charge < -0.3 is 10.6 Å². The van der Waals surface area contributed by atoms with Gasteiger partial charge in [0.05, 0.1) is 15.1 Å². The molecule has 2 aromatic carbocycles. The number of thiazole rings is 1. The van der Waals surface area contributed by atoms with Crippen LogP contribution in [0.25, 0.3) is 10.2 Å². The van der Waals surface area contributed by atoms with Crippen molar-refractivity contribution in [3.05, 3.63) is 53.6 Å². The van der Waals surface area contributed by atoms with Crippen molar-refractivity contribution in [2.75, 3.05) is 18.4 Å². The summed E-state index contributed by atoms with van der Waals surface area (Å²) in [5.41, 5.74) is 2.23. The van der Waals surface area contributed by atoms with E-state index >= 15 is 0 Å². The second-order valence-corrected chi connectivity index (χ2v) is 12.2. The molecule has 3 aromatic rings. The third-order valence-corrected chi connectivity index (χ3v) is 9.16. The summed E-state index contributed by atoms with van der Waals surface area (Å²) < 4.78 is 28.1. The summed E-state index contributed by atoms with van der Waals surface area (Å²) in [6.45, 7) is 10.0. The average Bonchev–Trinajstić information content (AvgIpc) is 3.27. The summed E-state index contributed by atoms with van der Waals surface area (Å²) in [4.78, 5) is 30.8. The number of carbonyl (C=O) groups is 2. The largest absolute Gasteiger partial charge is 0.340 e. The molecule has 3 rings (SSSR count). The van der Waals surface area contributed by atoms with E-state index in [4.69, 9.17) is 0 Å². The van der Waals surface area contributed by atoms with Crippen LogP contribution >= 0.6 is 11.3 Å². The summed E-state index contributed by atoms with van der Waals surface area (Å²) in [5.74, 6) is -1.10. The second-order valence-electron chi connectivity index (χ2n) is 9.23. The van der Waals surface area contributed by atoms with Gasteiger partial charge >= 0.3 is 0 Å². The van der Waals surface area contributed by atoms with Gasteiger partial charge in [0, 0.05) is 18.7 Å². The molecule has 0 aliphatic heterocycles. The van der Waals surface area contributed by atoms with E-state index in [0.717, 1.165) is 29.5 Å². The molecule has 37 heavy (non-hydrogen) atoms. The first-order valence-corrected chi connectivity index (χ1v) is 15.0. The van der Waals surface area contributed by atoms with Gasteiger partial charge in [-0.1, -0.05) is 64.5 Å². The highest BCUT2D eigenvalue weighted by Crippen LogP contribution is 2.28. The molecule has 1 atom stereocenters. The normalized spacial score (nSPS) is 12.7. The van der Waals surface area contributed by atoms with Crippen LogP contribution in [0, 0.1) is 5.92 Å². The van der Waals surface area contributed by atoms with Gasteiger partial charge in [-0.25, -0.2) is 13.4 Å². The maximum atomic E-state index is 13.1. The predicted octanol–water partition coefficient (Wildman–Crippen LogP) is 5.06. The Hall–Kier alpha value is -2.82. The van der Waals surface area contributed by atoms with E-state index in [1.807, 2.05) is 19.9 Å². The molecule has 1 heterocycles. The first-order chi connectivity index (χ1) is 17.6. The van der Waals surface area contributed by atoms with Gasteiger partial charge in [-0.3, -0.25) is 9.59 Å². The minimum atomic E-state index is -3.71. The Labute approximate surface area is 223 Å². The van der Waals surface area contributed by atoms with Crippen LogP contribution in [0.1, 0.15) is 63.4 Å². The number of aryl methyl sites for hydroxylation is 1. The molecule has 0 saturated carbocycles. The summed E-state index contributed by atoms with van der Waals surface area (Å²) in [6, 6.07) is 11.2. The lowest BCUT2D eigenvalue weighted by molar-refractivity contribution is -0.118.